The maximum absolute atomic E-state index is 13.4. The smallest absolute Gasteiger partial charge is 0.305 e. The van der Waals surface area contributed by atoms with Crippen molar-refractivity contribution in [2.75, 3.05) is 0 Å². The number of nitrogens with one attached hydrogen (secondary N) is 1. The highest BCUT2D eigenvalue weighted by molar-refractivity contribution is 5.17. The number of halogens is 4. The zero-order chi connectivity index (χ0) is 15.1. The molecule has 0 saturated carbocycles. The Kier molecular flexibility index (Phi) is 3.24. The van der Waals surface area contributed by atoms with E-state index in [0.717, 1.165) is 10.8 Å². The summed E-state index contributed by atoms with van der Waals surface area (Å²) >= 11 is 0. The van der Waals surface area contributed by atoms with Gasteiger partial charge in [0.2, 0.25) is 5.82 Å². The van der Waals surface area contributed by atoms with E-state index in [-0.39, 0.29) is 12.4 Å². The molecule has 0 aliphatic heterocycles. The number of nitrogens with zero attached hydrogens (tertiary/aromatic N) is 3. The molecule has 0 fully saturated rings. The highest BCUT2D eigenvalue weighted by Gasteiger charge is 2.35. The van der Waals surface area contributed by atoms with Crippen LogP contribution in [0.1, 0.15) is 11.4 Å². The number of alkyl halides is 3. The molecule has 0 bridgehead atoms. The monoisotopic (exact) mass is 292 g/mol. The number of rotatable bonds is 2. The molecule has 0 atom stereocenters. The van der Waals surface area contributed by atoms with Gasteiger partial charge in [0.1, 0.15) is 0 Å². The van der Waals surface area contributed by atoms with Gasteiger partial charge in [0.25, 0.3) is 5.56 Å². The highest BCUT2D eigenvalue weighted by atomic mass is 19.4. The van der Waals surface area contributed by atoms with Crippen LogP contribution in [-0.2, 0) is 19.8 Å². The Morgan fingerprint density at radius 1 is 1.35 bits per heavy atom. The predicted molar refractivity (Wildman–Crippen MR) is 58.6 cm³/mol. The van der Waals surface area contributed by atoms with E-state index < -0.39 is 28.8 Å². The maximum Gasteiger partial charge on any atom is 0.419 e. The molecule has 0 spiro atoms. The summed E-state index contributed by atoms with van der Waals surface area (Å²) in [4.78, 5) is 22.6. The van der Waals surface area contributed by atoms with Crippen molar-refractivity contribution >= 4 is 0 Å². The fourth-order valence-corrected chi connectivity index (χ4v) is 1.56. The van der Waals surface area contributed by atoms with E-state index in [1.165, 1.54) is 7.05 Å². The zero-order valence-electron chi connectivity index (χ0n) is 10.0. The predicted octanol–water partition coefficient (Wildman–Crippen LogP) is 0.476. The lowest BCUT2D eigenvalue weighted by Crippen LogP contribution is -2.28. The molecule has 2 heterocycles. The molecule has 0 aromatic carbocycles. The summed E-state index contributed by atoms with van der Waals surface area (Å²) < 4.78 is 52.4. The molecule has 2 aromatic rings. The number of hydrogen-bond acceptors (Lipinski definition) is 3. The van der Waals surface area contributed by atoms with Crippen LogP contribution in [0.2, 0.25) is 0 Å². The van der Waals surface area contributed by atoms with Crippen molar-refractivity contribution in [3.8, 4) is 0 Å². The first-order chi connectivity index (χ1) is 9.21. The Hall–Kier alpha value is -2.39. The van der Waals surface area contributed by atoms with Crippen LogP contribution in [0.5, 0.6) is 0 Å². The second kappa shape index (κ2) is 4.62. The third-order valence-electron chi connectivity index (χ3n) is 2.70. The minimum Gasteiger partial charge on any atom is -0.305 e. The van der Waals surface area contributed by atoms with Gasteiger partial charge in [-0.25, -0.2) is 14.3 Å². The van der Waals surface area contributed by atoms with Crippen LogP contribution in [0.3, 0.4) is 0 Å². The van der Waals surface area contributed by atoms with Gasteiger partial charge in [-0.2, -0.15) is 18.3 Å². The van der Waals surface area contributed by atoms with Crippen LogP contribution in [0.4, 0.5) is 17.6 Å². The molecule has 2 rings (SSSR count). The second-order valence-corrected chi connectivity index (χ2v) is 3.98. The fraction of sp³-hybridized carbons (Fsp3) is 0.300. The van der Waals surface area contributed by atoms with Gasteiger partial charge >= 0.3 is 11.9 Å². The molecule has 0 radical (unpaired) electrons. The van der Waals surface area contributed by atoms with Crippen LogP contribution in [-0.4, -0.2) is 19.3 Å². The van der Waals surface area contributed by atoms with Gasteiger partial charge in [-0.3, -0.25) is 9.36 Å². The Labute approximate surface area is 108 Å². The van der Waals surface area contributed by atoms with Gasteiger partial charge < -0.3 is 4.57 Å². The molecule has 0 saturated heterocycles. The lowest BCUT2D eigenvalue weighted by Gasteiger charge is -2.10. The number of aromatic amines is 1. The lowest BCUT2D eigenvalue weighted by molar-refractivity contribution is -0.140. The van der Waals surface area contributed by atoms with Crippen molar-refractivity contribution in [3.63, 3.8) is 0 Å². The van der Waals surface area contributed by atoms with Gasteiger partial charge in [0, 0.05) is 13.2 Å². The first-order valence-corrected chi connectivity index (χ1v) is 5.28. The Morgan fingerprint density at radius 2 is 2.00 bits per heavy atom. The largest absolute Gasteiger partial charge is 0.419 e. The summed E-state index contributed by atoms with van der Waals surface area (Å²) in [5.41, 5.74) is -3.62. The molecular weight excluding hydrogens is 284 g/mol. The van der Waals surface area contributed by atoms with Gasteiger partial charge in [-0.15, -0.1) is 0 Å². The fourth-order valence-electron chi connectivity index (χ4n) is 1.56. The van der Waals surface area contributed by atoms with Crippen molar-refractivity contribution in [2.45, 2.75) is 12.7 Å². The van der Waals surface area contributed by atoms with Gasteiger partial charge in [0.05, 0.1) is 12.1 Å². The van der Waals surface area contributed by atoms with Crippen LogP contribution in [0, 0.1) is 5.82 Å². The van der Waals surface area contributed by atoms with Crippen molar-refractivity contribution in [2.24, 2.45) is 7.05 Å². The summed E-state index contributed by atoms with van der Waals surface area (Å²) in [7, 11) is 1.35. The molecule has 10 heteroatoms. The van der Waals surface area contributed by atoms with Gasteiger partial charge in [-0.1, -0.05) is 0 Å². The molecule has 0 aliphatic rings. The number of pyridine rings is 1. The van der Waals surface area contributed by atoms with Crippen molar-refractivity contribution < 1.29 is 17.6 Å². The molecule has 108 valence electrons. The molecule has 0 aliphatic carbocycles. The number of hydrogen-bond donors (Lipinski definition) is 1. The summed E-state index contributed by atoms with van der Waals surface area (Å²) in [6.45, 7) is -0.330. The minimum absolute atomic E-state index is 0.0799. The molecule has 6 nitrogen and oxygen atoms in total. The van der Waals surface area contributed by atoms with Crippen LogP contribution in [0.25, 0.3) is 0 Å². The Bertz CT molecular complexity index is 756. The van der Waals surface area contributed by atoms with E-state index in [1.807, 2.05) is 0 Å². The molecule has 0 unspecified atom stereocenters. The van der Waals surface area contributed by atoms with E-state index in [9.17, 15) is 27.2 Å². The third kappa shape index (κ3) is 2.36. The van der Waals surface area contributed by atoms with E-state index in [2.05, 4.69) is 10.2 Å². The van der Waals surface area contributed by atoms with Crippen molar-refractivity contribution in [1.82, 2.24) is 19.3 Å². The number of aromatic nitrogens is 4. The second-order valence-electron chi connectivity index (χ2n) is 3.98. The first kappa shape index (κ1) is 14.0. The maximum atomic E-state index is 13.4. The SMILES string of the molecule is Cn1c(Cn2ccc(C(F)(F)F)c(F)c2=O)n[nH]c1=O. The average molecular weight is 292 g/mol. The Balaban J connectivity index is 2.46. The summed E-state index contributed by atoms with van der Waals surface area (Å²) in [6, 6.07) is 0.460. The van der Waals surface area contributed by atoms with Crippen LogP contribution in [0.15, 0.2) is 21.9 Å². The molecular formula is C10H8F4N4O2. The van der Waals surface area contributed by atoms with E-state index in [0.29, 0.717) is 10.6 Å². The number of H-pyrrole nitrogens is 1. The summed E-state index contributed by atoms with van der Waals surface area (Å²) in [5.74, 6) is -1.81. The van der Waals surface area contributed by atoms with E-state index >= 15 is 0 Å². The van der Waals surface area contributed by atoms with E-state index in [1.54, 1.807) is 0 Å². The van der Waals surface area contributed by atoms with Crippen molar-refractivity contribution in [1.29, 1.82) is 0 Å². The van der Waals surface area contributed by atoms with Crippen molar-refractivity contribution in [3.05, 3.63) is 50.3 Å². The van der Waals surface area contributed by atoms with Crippen LogP contribution < -0.4 is 11.2 Å². The molecule has 20 heavy (non-hydrogen) atoms. The molecule has 2 aromatic heterocycles. The van der Waals surface area contributed by atoms with Crippen LogP contribution >= 0.6 is 0 Å². The average Bonchev–Trinajstić information content (AvgIpc) is 2.65. The normalized spacial score (nSPS) is 11.8. The topological polar surface area (TPSA) is 72.7 Å². The van der Waals surface area contributed by atoms with Gasteiger partial charge in [0.15, 0.2) is 5.82 Å². The molecule has 1 N–H and O–H groups in total. The molecule has 0 amide bonds. The Morgan fingerprint density at radius 3 is 2.50 bits per heavy atom. The first-order valence-electron chi connectivity index (χ1n) is 5.28. The standard InChI is InChI=1S/C10H8F4N4O2/c1-17-6(15-16-9(17)20)4-18-3-2-5(10(12,13)14)7(11)8(18)19/h2-3H,4H2,1H3,(H,16,20). The quantitative estimate of drug-likeness (QED) is 0.818. The minimum atomic E-state index is -4.94. The summed E-state index contributed by atoms with van der Waals surface area (Å²) in [6.07, 6.45) is -4.14. The third-order valence-corrected chi connectivity index (χ3v) is 2.70. The summed E-state index contributed by atoms with van der Waals surface area (Å²) in [5, 5.41) is 5.67. The van der Waals surface area contributed by atoms with Gasteiger partial charge in [-0.05, 0) is 6.07 Å². The van der Waals surface area contributed by atoms with E-state index in [4.69, 9.17) is 0 Å². The zero-order valence-corrected chi connectivity index (χ0v) is 10.0. The highest BCUT2D eigenvalue weighted by Crippen LogP contribution is 2.29. The lowest BCUT2D eigenvalue weighted by atomic mass is 10.2.